The fourth-order valence-corrected chi connectivity index (χ4v) is 2.29. The number of rotatable bonds is 7. The van der Waals surface area contributed by atoms with E-state index >= 15 is 0 Å². The largest absolute Gasteiger partial charge is 0.480 e. The number of ether oxygens (including phenoxy) is 1. The van der Waals surface area contributed by atoms with Crippen LogP contribution in [0.25, 0.3) is 0 Å². The van der Waals surface area contributed by atoms with Crippen LogP contribution in [0, 0.1) is 0 Å². The molecule has 0 atom stereocenters. The van der Waals surface area contributed by atoms with Gasteiger partial charge in [0.2, 0.25) is 5.89 Å². The Morgan fingerprint density at radius 1 is 1.50 bits per heavy atom. The molecule has 1 aromatic heterocycles. The Morgan fingerprint density at radius 2 is 2.25 bits per heavy atom. The highest BCUT2D eigenvalue weighted by atomic mass is 16.5. The Labute approximate surface area is 117 Å². The SMILES string of the molecule is CCCc1nc(CN2CCC(OCC(=O)O)CC2)no1. The van der Waals surface area contributed by atoms with Gasteiger partial charge in [0.25, 0.3) is 0 Å². The number of carboxylic acid groups (broad SMARTS) is 1. The van der Waals surface area contributed by atoms with Crippen LogP contribution in [0.5, 0.6) is 0 Å². The van der Waals surface area contributed by atoms with Crippen LogP contribution in [0.3, 0.4) is 0 Å². The van der Waals surface area contributed by atoms with Crippen LogP contribution in [0.4, 0.5) is 0 Å². The minimum absolute atomic E-state index is 0.0447. The molecule has 7 heteroatoms. The summed E-state index contributed by atoms with van der Waals surface area (Å²) in [5.41, 5.74) is 0. The zero-order valence-electron chi connectivity index (χ0n) is 11.7. The lowest BCUT2D eigenvalue weighted by Crippen LogP contribution is -2.37. The molecule has 1 N–H and O–H groups in total. The van der Waals surface area contributed by atoms with Crippen molar-refractivity contribution in [2.75, 3.05) is 19.7 Å². The molecule has 7 nitrogen and oxygen atoms in total. The first kappa shape index (κ1) is 14.9. The minimum atomic E-state index is -0.914. The van der Waals surface area contributed by atoms with Gasteiger partial charge in [0.05, 0.1) is 12.6 Å². The van der Waals surface area contributed by atoms with E-state index < -0.39 is 5.97 Å². The lowest BCUT2D eigenvalue weighted by Gasteiger charge is -2.30. The van der Waals surface area contributed by atoms with E-state index in [0.29, 0.717) is 12.4 Å². The number of carboxylic acids is 1. The van der Waals surface area contributed by atoms with Crippen molar-refractivity contribution < 1.29 is 19.2 Å². The predicted molar refractivity (Wildman–Crippen MR) is 70.2 cm³/mol. The van der Waals surface area contributed by atoms with Gasteiger partial charge in [-0.3, -0.25) is 4.90 Å². The normalized spacial score (nSPS) is 17.4. The zero-order chi connectivity index (χ0) is 14.4. The Kier molecular flexibility index (Phi) is 5.49. The van der Waals surface area contributed by atoms with Crippen molar-refractivity contribution in [3.63, 3.8) is 0 Å². The first-order valence-corrected chi connectivity index (χ1v) is 7.04. The van der Waals surface area contributed by atoms with Crippen LogP contribution in [0.15, 0.2) is 4.52 Å². The quantitative estimate of drug-likeness (QED) is 0.801. The molecular weight excluding hydrogens is 262 g/mol. The standard InChI is InChI=1S/C13H21N3O4/c1-2-3-12-14-11(15-20-12)8-16-6-4-10(5-7-16)19-9-13(17)18/h10H,2-9H2,1H3,(H,17,18). The van der Waals surface area contributed by atoms with Crippen LogP contribution >= 0.6 is 0 Å². The van der Waals surface area contributed by atoms with Gasteiger partial charge in [-0.15, -0.1) is 0 Å². The highest BCUT2D eigenvalue weighted by Crippen LogP contribution is 2.15. The maximum atomic E-state index is 10.4. The smallest absolute Gasteiger partial charge is 0.329 e. The van der Waals surface area contributed by atoms with Gasteiger partial charge in [0, 0.05) is 19.5 Å². The van der Waals surface area contributed by atoms with E-state index in [1.807, 2.05) is 0 Å². The summed E-state index contributed by atoms with van der Waals surface area (Å²) in [6, 6.07) is 0. The second kappa shape index (κ2) is 7.35. The van der Waals surface area contributed by atoms with E-state index in [9.17, 15) is 4.79 Å². The topological polar surface area (TPSA) is 88.7 Å². The van der Waals surface area contributed by atoms with Crippen molar-refractivity contribution in [1.82, 2.24) is 15.0 Å². The Morgan fingerprint density at radius 3 is 2.90 bits per heavy atom. The summed E-state index contributed by atoms with van der Waals surface area (Å²) in [7, 11) is 0. The molecule has 0 amide bonds. The molecule has 0 aromatic carbocycles. The number of carbonyl (C=O) groups is 1. The van der Waals surface area contributed by atoms with Gasteiger partial charge in [-0.05, 0) is 19.3 Å². The first-order chi connectivity index (χ1) is 9.67. The fraction of sp³-hybridized carbons (Fsp3) is 0.769. The van der Waals surface area contributed by atoms with E-state index in [2.05, 4.69) is 22.0 Å². The molecule has 0 radical (unpaired) electrons. The number of aliphatic carboxylic acids is 1. The third-order valence-corrected chi connectivity index (χ3v) is 3.32. The Hall–Kier alpha value is -1.47. The van der Waals surface area contributed by atoms with Crippen molar-refractivity contribution in [2.45, 2.75) is 45.3 Å². The van der Waals surface area contributed by atoms with Crippen LogP contribution in [-0.4, -0.2) is 51.9 Å². The Balaban J connectivity index is 1.72. The van der Waals surface area contributed by atoms with Crippen LogP contribution < -0.4 is 0 Å². The van der Waals surface area contributed by atoms with Crippen LogP contribution in [0.1, 0.15) is 37.9 Å². The molecule has 0 unspecified atom stereocenters. The monoisotopic (exact) mass is 283 g/mol. The molecule has 2 rings (SSSR count). The summed E-state index contributed by atoms with van der Waals surface area (Å²) in [6.07, 6.45) is 3.54. The minimum Gasteiger partial charge on any atom is -0.480 e. The summed E-state index contributed by atoms with van der Waals surface area (Å²) in [5, 5.41) is 12.5. The summed E-state index contributed by atoms with van der Waals surface area (Å²) in [6.45, 7) is 4.27. The molecule has 112 valence electrons. The van der Waals surface area contributed by atoms with E-state index in [1.165, 1.54) is 0 Å². The van der Waals surface area contributed by atoms with Crippen LogP contribution in [-0.2, 0) is 22.5 Å². The molecule has 0 bridgehead atoms. The maximum Gasteiger partial charge on any atom is 0.329 e. The maximum absolute atomic E-state index is 10.4. The average molecular weight is 283 g/mol. The average Bonchev–Trinajstić information content (AvgIpc) is 2.86. The van der Waals surface area contributed by atoms with Crippen molar-refractivity contribution in [2.24, 2.45) is 0 Å². The van der Waals surface area contributed by atoms with Gasteiger partial charge in [-0.25, -0.2) is 4.79 Å². The number of nitrogens with zero attached hydrogens (tertiary/aromatic N) is 3. The lowest BCUT2D eigenvalue weighted by molar-refractivity contribution is -0.145. The predicted octanol–water partition coefficient (Wildman–Crippen LogP) is 1.09. The molecule has 0 spiro atoms. The molecule has 1 aliphatic rings. The molecule has 1 fully saturated rings. The number of aryl methyl sites for hydroxylation is 1. The molecule has 0 aliphatic carbocycles. The highest BCUT2D eigenvalue weighted by molar-refractivity contribution is 5.68. The van der Waals surface area contributed by atoms with Gasteiger partial charge in [-0.1, -0.05) is 12.1 Å². The van der Waals surface area contributed by atoms with Crippen LogP contribution in [0.2, 0.25) is 0 Å². The third-order valence-electron chi connectivity index (χ3n) is 3.32. The number of hydrogen-bond acceptors (Lipinski definition) is 6. The molecule has 20 heavy (non-hydrogen) atoms. The third kappa shape index (κ3) is 4.57. The molecule has 0 saturated carbocycles. The molecule has 1 aliphatic heterocycles. The van der Waals surface area contributed by atoms with E-state index in [1.54, 1.807) is 0 Å². The zero-order valence-corrected chi connectivity index (χ0v) is 11.7. The number of piperidine rings is 1. The van der Waals surface area contributed by atoms with Crippen molar-refractivity contribution in [1.29, 1.82) is 0 Å². The summed E-state index contributed by atoms with van der Waals surface area (Å²) < 4.78 is 10.5. The van der Waals surface area contributed by atoms with Crippen molar-refractivity contribution in [3.05, 3.63) is 11.7 Å². The summed E-state index contributed by atoms with van der Waals surface area (Å²) >= 11 is 0. The van der Waals surface area contributed by atoms with E-state index in [-0.39, 0.29) is 12.7 Å². The van der Waals surface area contributed by atoms with Gasteiger partial charge < -0.3 is 14.4 Å². The fourth-order valence-electron chi connectivity index (χ4n) is 2.29. The molecule has 1 aromatic rings. The molecule has 2 heterocycles. The van der Waals surface area contributed by atoms with Crippen molar-refractivity contribution in [3.8, 4) is 0 Å². The number of aromatic nitrogens is 2. The number of likely N-dealkylation sites (tertiary alicyclic amines) is 1. The molecular formula is C13H21N3O4. The van der Waals surface area contributed by atoms with Gasteiger partial charge >= 0.3 is 5.97 Å². The van der Waals surface area contributed by atoms with E-state index in [4.69, 9.17) is 14.4 Å². The van der Waals surface area contributed by atoms with Gasteiger partial charge in [0.15, 0.2) is 5.82 Å². The van der Waals surface area contributed by atoms with E-state index in [0.717, 1.165) is 44.6 Å². The van der Waals surface area contributed by atoms with Crippen molar-refractivity contribution >= 4 is 5.97 Å². The highest BCUT2D eigenvalue weighted by Gasteiger charge is 2.21. The Bertz CT molecular complexity index is 427. The number of hydrogen-bond donors (Lipinski definition) is 1. The second-order valence-corrected chi connectivity index (χ2v) is 5.03. The second-order valence-electron chi connectivity index (χ2n) is 5.03. The van der Waals surface area contributed by atoms with Gasteiger partial charge in [-0.2, -0.15) is 4.98 Å². The first-order valence-electron chi connectivity index (χ1n) is 7.04. The summed E-state index contributed by atoms with van der Waals surface area (Å²) in [5.74, 6) is 0.503. The summed E-state index contributed by atoms with van der Waals surface area (Å²) in [4.78, 5) is 17.0. The lowest BCUT2D eigenvalue weighted by atomic mass is 10.1. The molecule has 1 saturated heterocycles. The van der Waals surface area contributed by atoms with Gasteiger partial charge in [0.1, 0.15) is 6.61 Å².